The Balaban J connectivity index is 1.70. The fourth-order valence-electron chi connectivity index (χ4n) is 4.08. The van der Waals surface area contributed by atoms with Crippen LogP contribution in [0.15, 0.2) is 36.4 Å². The summed E-state index contributed by atoms with van der Waals surface area (Å²) < 4.78 is 0. The van der Waals surface area contributed by atoms with Gasteiger partial charge in [0.1, 0.15) is 0 Å². The van der Waals surface area contributed by atoms with Crippen molar-refractivity contribution >= 4 is 23.5 Å². The SMILES string of the molecule is O=C(O)c1ccc(N2C(=O)[C@@H]3[C@@H](C2=O)[C@H]2C=C[C@H]3CC2)cc1. The lowest BCUT2D eigenvalue weighted by Crippen LogP contribution is -2.38. The van der Waals surface area contributed by atoms with Crippen LogP contribution in [0.2, 0.25) is 0 Å². The van der Waals surface area contributed by atoms with Crippen LogP contribution in [0.5, 0.6) is 0 Å². The van der Waals surface area contributed by atoms with Gasteiger partial charge in [-0.1, -0.05) is 12.2 Å². The first-order chi connectivity index (χ1) is 10.6. The van der Waals surface area contributed by atoms with Gasteiger partial charge in [0, 0.05) is 0 Å². The summed E-state index contributed by atoms with van der Waals surface area (Å²) in [6.45, 7) is 0. The van der Waals surface area contributed by atoms with Gasteiger partial charge in [-0.05, 0) is 48.9 Å². The van der Waals surface area contributed by atoms with E-state index in [0.29, 0.717) is 5.69 Å². The lowest BCUT2D eigenvalue weighted by molar-refractivity contribution is -0.124. The number of amides is 2. The lowest BCUT2D eigenvalue weighted by atomic mass is 9.63. The first-order valence-corrected chi connectivity index (χ1v) is 7.47. The number of allylic oxidation sites excluding steroid dienone is 2. The monoisotopic (exact) mass is 297 g/mol. The highest BCUT2D eigenvalue weighted by molar-refractivity contribution is 6.22. The maximum atomic E-state index is 12.7. The molecule has 0 aromatic heterocycles. The Bertz CT molecular complexity index is 674. The van der Waals surface area contributed by atoms with Crippen LogP contribution in [0.4, 0.5) is 5.69 Å². The summed E-state index contributed by atoms with van der Waals surface area (Å²) in [5.74, 6) is -1.47. The van der Waals surface area contributed by atoms with Crippen molar-refractivity contribution in [2.75, 3.05) is 4.90 Å². The molecule has 5 heteroatoms. The third-order valence-electron chi connectivity index (χ3n) is 5.13. The number of aromatic carboxylic acids is 1. The first-order valence-electron chi connectivity index (χ1n) is 7.47. The number of carboxylic acid groups (broad SMARTS) is 1. The zero-order valence-corrected chi connectivity index (χ0v) is 11.8. The minimum atomic E-state index is -1.03. The fourth-order valence-corrected chi connectivity index (χ4v) is 4.08. The molecule has 5 rings (SSSR count). The van der Waals surface area contributed by atoms with E-state index < -0.39 is 5.97 Å². The van der Waals surface area contributed by atoms with Gasteiger partial charge >= 0.3 is 5.97 Å². The van der Waals surface area contributed by atoms with Gasteiger partial charge in [0.25, 0.3) is 0 Å². The van der Waals surface area contributed by atoms with Crippen molar-refractivity contribution in [2.24, 2.45) is 23.7 Å². The van der Waals surface area contributed by atoms with Gasteiger partial charge in [-0.2, -0.15) is 0 Å². The number of hydrogen-bond donors (Lipinski definition) is 1. The summed E-state index contributed by atoms with van der Waals surface area (Å²) in [4.78, 5) is 37.6. The van der Waals surface area contributed by atoms with Crippen LogP contribution in [0, 0.1) is 23.7 Å². The zero-order valence-electron chi connectivity index (χ0n) is 11.8. The van der Waals surface area contributed by atoms with E-state index in [4.69, 9.17) is 5.11 Å². The number of fused-ring (bicyclic) bond motifs is 1. The summed E-state index contributed by atoms with van der Waals surface area (Å²) in [7, 11) is 0. The van der Waals surface area contributed by atoms with Crippen molar-refractivity contribution in [1.29, 1.82) is 0 Å². The van der Waals surface area contributed by atoms with Crippen molar-refractivity contribution < 1.29 is 19.5 Å². The first kappa shape index (κ1) is 13.2. The second kappa shape index (κ2) is 4.53. The predicted molar refractivity (Wildman–Crippen MR) is 78.2 cm³/mol. The molecule has 0 spiro atoms. The maximum Gasteiger partial charge on any atom is 0.335 e. The van der Waals surface area contributed by atoms with Gasteiger partial charge in [0.05, 0.1) is 23.1 Å². The molecule has 1 saturated heterocycles. The highest BCUT2D eigenvalue weighted by Crippen LogP contribution is 2.50. The molecular weight excluding hydrogens is 282 g/mol. The fraction of sp³-hybridized carbons (Fsp3) is 0.353. The zero-order chi connectivity index (χ0) is 15.4. The number of rotatable bonds is 2. The van der Waals surface area contributed by atoms with E-state index in [1.165, 1.54) is 29.2 Å². The number of nitrogens with zero attached hydrogens (tertiary/aromatic N) is 1. The number of carboxylic acids is 1. The molecule has 5 nitrogen and oxygen atoms in total. The topological polar surface area (TPSA) is 74.7 Å². The molecule has 1 aromatic rings. The van der Waals surface area contributed by atoms with E-state index in [-0.39, 0.29) is 41.0 Å². The number of carbonyl (C=O) groups excluding carboxylic acids is 2. The minimum Gasteiger partial charge on any atom is -0.478 e. The van der Waals surface area contributed by atoms with E-state index in [2.05, 4.69) is 12.2 Å². The molecule has 2 fully saturated rings. The quantitative estimate of drug-likeness (QED) is 0.670. The molecule has 1 aliphatic heterocycles. The van der Waals surface area contributed by atoms with Crippen molar-refractivity contribution in [2.45, 2.75) is 12.8 Å². The van der Waals surface area contributed by atoms with Crippen LogP contribution in [-0.2, 0) is 9.59 Å². The normalized spacial score (nSPS) is 32.5. The molecule has 1 saturated carbocycles. The Morgan fingerprint density at radius 2 is 1.45 bits per heavy atom. The summed E-state index contributed by atoms with van der Waals surface area (Å²) in [6, 6.07) is 5.91. The molecule has 4 atom stereocenters. The molecule has 2 amide bonds. The van der Waals surface area contributed by atoms with Gasteiger partial charge in [-0.3, -0.25) is 14.5 Å². The standard InChI is InChI=1S/C17H15NO4/c19-15-13-9-1-2-10(4-3-9)14(13)16(20)18(15)12-7-5-11(6-8-12)17(21)22/h1-2,5-10,13-14H,3-4H2,(H,21,22)/t9-,10-,13-,14-/m0/s1. The lowest BCUT2D eigenvalue weighted by Gasteiger charge is -2.38. The Morgan fingerprint density at radius 1 is 0.955 bits per heavy atom. The predicted octanol–water partition coefficient (Wildman–Crippen LogP) is 2.09. The summed E-state index contributed by atoms with van der Waals surface area (Å²) in [5.41, 5.74) is 0.607. The van der Waals surface area contributed by atoms with Crippen molar-refractivity contribution in [3.63, 3.8) is 0 Å². The molecule has 0 unspecified atom stereocenters. The largest absolute Gasteiger partial charge is 0.478 e. The van der Waals surface area contributed by atoms with E-state index in [0.717, 1.165) is 12.8 Å². The number of benzene rings is 1. The second-order valence-corrected chi connectivity index (χ2v) is 6.21. The van der Waals surface area contributed by atoms with Crippen LogP contribution in [0.25, 0.3) is 0 Å². The summed E-state index contributed by atoms with van der Waals surface area (Å²) in [5, 5.41) is 8.94. The number of anilines is 1. The highest BCUT2D eigenvalue weighted by atomic mass is 16.4. The van der Waals surface area contributed by atoms with Crippen molar-refractivity contribution in [3.8, 4) is 0 Å². The number of hydrogen-bond acceptors (Lipinski definition) is 3. The Hall–Kier alpha value is -2.43. The van der Waals surface area contributed by atoms with E-state index >= 15 is 0 Å². The van der Waals surface area contributed by atoms with Crippen LogP contribution < -0.4 is 4.90 Å². The molecule has 22 heavy (non-hydrogen) atoms. The molecule has 1 heterocycles. The van der Waals surface area contributed by atoms with Gasteiger partial charge in [0.15, 0.2) is 0 Å². The van der Waals surface area contributed by atoms with E-state index in [9.17, 15) is 14.4 Å². The van der Waals surface area contributed by atoms with E-state index in [1.54, 1.807) is 0 Å². The molecule has 1 N–H and O–H groups in total. The molecule has 3 aliphatic carbocycles. The van der Waals surface area contributed by atoms with Gasteiger partial charge in [-0.25, -0.2) is 4.79 Å². The molecule has 4 aliphatic rings. The van der Waals surface area contributed by atoms with Crippen molar-refractivity contribution in [3.05, 3.63) is 42.0 Å². The third kappa shape index (κ3) is 1.68. The number of carbonyl (C=O) groups is 3. The van der Waals surface area contributed by atoms with Crippen LogP contribution in [-0.4, -0.2) is 22.9 Å². The summed E-state index contributed by atoms with van der Waals surface area (Å²) >= 11 is 0. The van der Waals surface area contributed by atoms with Crippen LogP contribution in [0.1, 0.15) is 23.2 Å². The van der Waals surface area contributed by atoms with Gasteiger partial charge in [0.2, 0.25) is 11.8 Å². The Kier molecular flexibility index (Phi) is 2.73. The second-order valence-electron chi connectivity index (χ2n) is 6.21. The number of imide groups is 1. The summed E-state index contributed by atoms with van der Waals surface area (Å²) in [6.07, 6.45) is 6.09. The van der Waals surface area contributed by atoms with Crippen molar-refractivity contribution in [1.82, 2.24) is 0 Å². The average molecular weight is 297 g/mol. The Labute approximate surface area is 127 Å². The molecular formula is C17H15NO4. The smallest absolute Gasteiger partial charge is 0.335 e. The third-order valence-corrected chi connectivity index (χ3v) is 5.13. The van der Waals surface area contributed by atoms with Crippen LogP contribution >= 0.6 is 0 Å². The molecule has 0 radical (unpaired) electrons. The van der Waals surface area contributed by atoms with E-state index in [1.807, 2.05) is 0 Å². The average Bonchev–Trinajstić information content (AvgIpc) is 2.82. The highest BCUT2D eigenvalue weighted by Gasteiger charge is 2.56. The Morgan fingerprint density at radius 3 is 1.86 bits per heavy atom. The van der Waals surface area contributed by atoms with Crippen LogP contribution in [0.3, 0.4) is 0 Å². The van der Waals surface area contributed by atoms with Gasteiger partial charge < -0.3 is 5.11 Å². The molecule has 1 aromatic carbocycles. The molecule has 2 bridgehead atoms. The maximum absolute atomic E-state index is 12.7. The van der Waals surface area contributed by atoms with Gasteiger partial charge in [-0.15, -0.1) is 0 Å². The molecule has 112 valence electrons. The minimum absolute atomic E-state index is 0.141.